The van der Waals surface area contributed by atoms with Gasteiger partial charge in [0, 0.05) is 24.9 Å². The molecule has 0 aliphatic carbocycles. The van der Waals surface area contributed by atoms with Crippen LogP contribution in [0, 0.1) is 11.8 Å². The van der Waals surface area contributed by atoms with Crippen LogP contribution in [-0.2, 0) is 19.1 Å². The number of hydrogen-bond acceptors (Lipinski definition) is 5. The van der Waals surface area contributed by atoms with Gasteiger partial charge < -0.3 is 15.0 Å². The lowest BCUT2D eigenvalue weighted by Gasteiger charge is -2.27. The van der Waals surface area contributed by atoms with Gasteiger partial charge in [0.2, 0.25) is 0 Å². The van der Waals surface area contributed by atoms with Gasteiger partial charge in [-0.2, -0.15) is 11.8 Å². The highest BCUT2D eigenvalue weighted by Gasteiger charge is 2.35. The topological polar surface area (TPSA) is 75.7 Å². The number of rotatable bonds is 5. The van der Waals surface area contributed by atoms with Crippen molar-refractivity contribution in [2.75, 3.05) is 25.9 Å². The van der Waals surface area contributed by atoms with Gasteiger partial charge in [-0.25, -0.2) is 0 Å². The first-order chi connectivity index (χ1) is 11.3. The number of carbonyl (C=O) groups is 3. The Morgan fingerprint density at radius 2 is 1.92 bits per heavy atom. The molecule has 2 atom stereocenters. The van der Waals surface area contributed by atoms with Crippen LogP contribution < -0.4 is 5.32 Å². The van der Waals surface area contributed by atoms with E-state index >= 15 is 0 Å². The van der Waals surface area contributed by atoms with Gasteiger partial charge in [-0.3, -0.25) is 14.4 Å². The molecule has 0 aromatic carbocycles. The molecule has 0 bridgehead atoms. The molecular formula is C18H32N2O4S. The molecule has 0 aromatic heterocycles. The number of nitrogens with one attached hydrogen (secondary N) is 1. The van der Waals surface area contributed by atoms with Crippen molar-refractivity contribution in [3.05, 3.63) is 0 Å². The Morgan fingerprint density at radius 1 is 1.32 bits per heavy atom. The van der Waals surface area contributed by atoms with E-state index in [1.54, 1.807) is 27.7 Å². The quantitative estimate of drug-likeness (QED) is 0.591. The smallest absolute Gasteiger partial charge is 0.311 e. The molecule has 2 unspecified atom stereocenters. The summed E-state index contributed by atoms with van der Waals surface area (Å²) in [5, 5.41) is 2.74. The minimum Gasteiger partial charge on any atom is -0.460 e. The Kier molecular flexibility index (Phi) is 7.35. The lowest BCUT2D eigenvalue weighted by molar-refractivity contribution is -0.160. The standard InChI is InChI=1S/C18H32N2O4S/c1-12(16(23)24-17(2,3)4)11-20(7)15(22)14(21)19-10-13-8-9-25-18(13,5)6/h12-13H,8-11H2,1-7H3,(H,19,21). The fourth-order valence-corrected chi connectivity index (χ4v) is 4.08. The Hall–Kier alpha value is -1.24. The maximum absolute atomic E-state index is 12.2. The highest BCUT2D eigenvalue weighted by atomic mass is 32.2. The molecule has 0 spiro atoms. The molecule has 144 valence electrons. The molecule has 2 amide bonds. The Morgan fingerprint density at radius 3 is 2.40 bits per heavy atom. The summed E-state index contributed by atoms with van der Waals surface area (Å²) in [6.07, 6.45) is 1.04. The zero-order chi connectivity index (χ0) is 19.4. The average molecular weight is 373 g/mol. The Labute approximate surface area is 155 Å². The minimum absolute atomic E-state index is 0.119. The molecule has 1 heterocycles. The van der Waals surface area contributed by atoms with E-state index in [-0.39, 0.29) is 17.3 Å². The van der Waals surface area contributed by atoms with E-state index in [0.717, 1.165) is 12.2 Å². The third-order valence-electron chi connectivity index (χ3n) is 4.33. The zero-order valence-corrected chi connectivity index (χ0v) is 17.3. The van der Waals surface area contributed by atoms with Gasteiger partial charge in [0.25, 0.3) is 0 Å². The fraction of sp³-hybridized carbons (Fsp3) is 0.833. The van der Waals surface area contributed by atoms with E-state index in [0.29, 0.717) is 12.5 Å². The van der Waals surface area contributed by atoms with E-state index < -0.39 is 23.3 Å². The van der Waals surface area contributed by atoms with Crippen LogP contribution in [0.25, 0.3) is 0 Å². The number of esters is 1. The van der Waals surface area contributed by atoms with Crippen LogP contribution >= 0.6 is 11.8 Å². The van der Waals surface area contributed by atoms with E-state index in [2.05, 4.69) is 19.2 Å². The minimum atomic E-state index is -0.626. The Bertz CT molecular complexity index is 514. The van der Waals surface area contributed by atoms with Crippen molar-refractivity contribution in [3.8, 4) is 0 Å². The highest BCUT2D eigenvalue weighted by Crippen LogP contribution is 2.41. The Balaban J connectivity index is 2.47. The largest absolute Gasteiger partial charge is 0.460 e. The summed E-state index contributed by atoms with van der Waals surface area (Å²) >= 11 is 1.89. The normalized spacial score (nSPS) is 20.7. The number of hydrogen-bond donors (Lipinski definition) is 1. The van der Waals surface area contributed by atoms with Crippen LogP contribution in [0.5, 0.6) is 0 Å². The van der Waals surface area contributed by atoms with Gasteiger partial charge >= 0.3 is 17.8 Å². The predicted molar refractivity (Wildman–Crippen MR) is 100 cm³/mol. The first-order valence-corrected chi connectivity index (χ1v) is 9.72. The summed E-state index contributed by atoms with van der Waals surface area (Å²) in [7, 11) is 1.53. The number of ether oxygens (including phenoxy) is 1. The van der Waals surface area contributed by atoms with Crippen LogP contribution in [0.2, 0.25) is 0 Å². The molecule has 0 saturated carbocycles. The highest BCUT2D eigenvalue weighted by molar-refractivity contribution is 8.00. The first-order valence-electron chi connectivity index (χ1n) is 8.73. The fourth-order valence-electron chi connectivity index (χ4n) is 2.71. The molecule has 25 heavy (non-hydrogen) atoms. The van der Waals surface area contributed by atoms with E-state index in [1.165, 1.54) is 11.9 Å². The van der Waals surface area contributed by atoms with Gasteiger partial charge in [0.1, 0.15) is 5.60 Å². The van der Waals surface area contributed by atoms with Crippen molar-refractivity contribution in [1.82, 2.24) is 10.2 Å². The van der Waals surface area contributed by atoms with Crippen molar-refractivity contribution in [2.24, 2.45) is 11.8 Å². The van der Waals surface area contributed by atoms with Crippen LogP contribution in [0.4, 0.5) is 0 Å². The van der Waals surface area contributed by atoms with Crippen molar-refractivity contribution in [2.45, 2.75) is 58.3 Å². The summed E-state index contributed by atoms with van der Waals surface area (Å²) in [6, 6.07) is 0. The van der Waals surface area contributed by atoms with Gasteiger partial charge in [0.05, 0.1) is 5.92 Å². The molecule has 0 aromatic rings. The number of nitrogens with zero attached hydrogens (tertiary/aromatic N) is 1. The molecule has 1 aliphatic rings. The predicted octanol–water partition coefficient (Wildman–Crippen LogP) is 2.07. The third-order valence-corrected chi connectivity index (χ3v) is 5.85. The zero-order valence-electron chi connectivity index (χ0n) is 16.5. The summed E-state index contributed by atoms with van der Waals surface area (Å²) in [5.41, 5.74) is -0.572. The molecule has 7 heteroatoms. The monoisotopic (exact) mass is 372 g/mol. The molecule has 0 radical (unpaired) electrons. The molecule has 1 N–H and O–H groups in total. The average Bonchev–Trinajstić information content (AvgIpc) is 2.80. The number of thioether (sulfide) groups is 1. The summed E-state index contributed by atoms with van der Waals surface area (Å²) in [6.45, 7) is 12.0. The maximum atomic E-state index is 12.2. The molecule has 1 saturated heterocycles. The molecule has 1 fully saturated rings. The molecule has 1 rings (SSSR count). The lowest BCUT2D eigenvalue weighted by Crippen LogP contribution is -2.46. The van der Waals surface area contributed by atoms with E-state index in [4.69, 9.17) is 4.74 Å². The molecule has 6 nitrogen and oxygen atoms in total. The summed E-state index contributed by atoms with van der Waals surface area (Å²) in [4.78, 5) is 37.6. The van der Waals surface area contributed by atoms with Gasteiger partial charge in [-0.15, -0.1) is 0 Å². The second kappa shape index (κ2) is 8.43. The van der Waals surface area contributed by atoms with E-state index in [9.17, 15) is 14.4 Å². The second-order valence-corrected chi connectivity index (χ2v) is 10.0. The van der Waals surface area contributed by atoms with Gasteiger partial charge in [0.15, 0.2) is 0 Å². The molecular weight excluding hydrogens is 340 g/mol. The van der Waals surface area contributed by atoms with Crippen molar-refractivity contribution >= 4 is 29.5 Å². The van der Waals surface area contributed by atoms with Crippen LogP contribution in [-0.4, -0.2) is 58.9 Å². The third kappa shape index (κ3) is 6.88. The number of amides is 2. The van der Waals surface area contributed by atoms with Crippen molar-refractivity contribution in [3.63, 3.8) is 0 Å². The summed E-state index contributed by atoms with van der Waals surface area (Å²) < 4.78 is 5.42. The second-order valence-electron chi connectivity index (χ2n) is 8.27. The SMILES string of the molecule is CC(CN(C)C(=O)C(=O)NCC1CCSC1(C)C)C(=O)OC(C)(C)C. The van der Waals surface area contributed by atoms with E-state index in [1.807, 2.05) is 11.8 Å². The first kappa shape index (κ1) is 21.8. The van der Waals surface area contributed by atoms with Crippen molar-refractivity contribution in [1.29, 1.82) is 0 Å². The summed E-state index contributed by atoms with van der Waals surface area (Å²) in [5.74, 6) is -0.677. The molecule has 1 aliphatic heterocycles. The van der Waals surface area contributed by atoms with Crippen LogP contribution in [0.1, 0.15) is 48.0 Å². The van der Waals surface area contributed by atoms with Crippen molar-refractivity contribution < 1.29 is 19.1 Å². The lowest BCUT2D eigenvalue weighted by atomic mass is 9.93. The number of likely N-dealkylation sites (N-methyl/N-ethyl adjacent to an activating group) is 1. The van der Waals surface area contributed by atoms with Gasteiger partial charge in [-0.1, -0.05) is 20.8 Å². The maximum Gasteiger partial charge on any atom is 0.311 e. The van der Waals surface area contributed by atoms with Gasteiger partial charge in [-0.05, 0) is 38.9 Å². The number of carbonyl (C=O) groups excluding carboxylic acids is 3. The van der Waals surface area contributed by atoms with Crippen LogP contribution in [0.3, 0.4) is 0 Å². The van der Waals surface area contributed by atoms with Crippen LogP contribution in [0.15, 0.2) is 0 Å².